The van der Waals surface area contributed by atoms with E-state index in [1.54, 1.807) is 17.9 Å². The molecule has 8 nitrogen and oxygen atoms in total. The fourth-order valence-corrected chi connectivity index (χ4v) is 6.97. The van der Waals surface area contributed by atoms with Crippen molar-refractivity contribution >= 4 is 17.8 Å². The van der Waals surface area contributed by atoms with Gasteiger partial charge in [-0.3, -0.25) is 9.69 Å². The molecule has 5 aliphatic rings. The van der Waals surface area contributed by atoms with Crippen LogP contribution in [0.5, 0.6) is 0 Å². The van der Waals surface area contributed by atoms with Crippen molar-refractivity contribution in [3.63, 3.8) is 0 Å². The molecule has 3 fully saturated rings. The van der Waals surface area contributed by atoms with E-state index in [0.29, 0.717) is 24.2 Å². The lowest BCUT2D eigenvalue weighted by Gasteiger charge is -2.44. The number of fused-ring (bicyclic) bond motifs is 3. The Morgan fingerprint density at radius 1 is 1.06 bits per heavy atom. The highest BCUT2D eigenvalue weighted by Gasteiger charge is 2.56. The Hall–Kier alpha value is -2.71. The summed E-state index contributed by atoms with van der Waals surface area (Å²) in [5.74, 6) is -0.491. The third kappa shape index (κ3) is 3.08. The van der Waals surface area contributed by atoms with Crippen molar-refractivity contribution in [3.05, 3.63) is 45.7 Å². The second-order valence-electron chi connectivity index (χ2n) is 10.5. The Morgan fingerprint density at radius 2 is 1.76 bits per heavy atom. The summed E-state index contributed by atoms with van der Waals surface area (Å²) in [4.78, 5) is 41.4. The Bertz CT molecular complexity index is 1130. The number of piperidine rings is 1. The number of hydrogen-bond acceptors (Lipinski definition) is 7. The molecule has 0 aromatic heterocycles. The van der Waals surface area contributed by atoms with Crippen molar-refractivity contribution in [2.24, 2.45) is 5.41 Å². The van der Waals surface area contributed by atoms with Crippen LogP contribution in [0.15, 0.2) is 23.4 Å². The SMILES string of the molecule is CC1=C(N2CCC3(CC4CCC(C3)N4C[C@H](O)c3ccc4c(c3C)COC4=O)C2=O)COC1=O. The molecule has 1 spiro atoms. The van der Waals surface area contributed by atoms with Gasteiger partial charge >= 0.3 is 11.9 Å². The van der Waals surface area contributed by atoms with Crippen molar-refractivity contribution in [2.75, 3.05) is 19.7 Å². The number of hydrogen-bond donors (Lipinski definition) is 1. The van der Waals surface area contributed by atoms with Gasteiger partial charge in [-0.25, -0.2) is 9.59 Å². The van der Waals surface area contributed by atoms with Crippen LogP contribution in [0.1, 0.15) is 72.2 Å². The molecule has 1 aromatic carbocycles. The van der Waals surface area contributed by atoms with Gasteiger partial charge in [-0.1, -0.05) is 6.07 Å². The summed E-state index contributed by atoms with van der Waals surface area (Å²) in [5.41, 5.74) is 4.13. The van der Waals surface area contributed by atoms with E-state index in [1.807, 2.05) is 13.0 Å². The van der Waals surface area contributed by atoms with Gasteiger partial charge in [0.25, 0.3) is 0 Å². The zero-order chi connectivity index (χ0) is 23.8. The van der Waals surface area contributed by atoms with Crippen LogP contribution in [-0.4, -0.2) is 64.5 Å². The minimum atomic E-state index is -0.664. The zero-order valence-corrected chi connectivity index (χ0v) is 19.6. The number of aliphatic hydroxyl groups is 1. The molecule has 1 amide bonds. The van der Waals surface area contributed by atoms with Crippen LogP contribution in [-0.2, 0) is 25.7 Å². The molecular weight excluding hydrogens is 436 g/mol. The number of aliphatic hydroxyl groups excluding tert-OH is 1. The predicted molar refractivity (Wildman–Crippen MR) is 120 cm³/mol. The van der Waals surface area contributed by atoms with Crippen molar-refractivity contribution in [1.82, 2.24) is 9.80 Å². The van der Waals surface area contributed by atoms with Gasteiger partial charge in [-0.05, 0) is 63.1 Å². The number of benzene rings is 1. The Labute approximate surface area is 198 Å². The van der Waals surface area contributed by atoms with E-state index < -0.39 is 6.10 Å². The summed E-state index contributed by atoms with van der Waals surface area (Å²) in [6.45, 7) is 5.29. The van der Waals surface area contributed by atoms with Gasteiger partial charge in [0.15, 0.2) is 0 Å². The summed E-state index contributed by atoms with van der Waals surface area (Å²) in [7, 11) is 0. The standard InChI is InChI=1S/C26H30N2O6/c1-14-18(5-6-19-20(14)12-33-24(19)31)22(29)11-28-16-3-4-17(28)10-26(9-16)7-8-27(25(26)32)21-13-34-23(30)15(21)2/h5-6,16-17,22,29H,3-4,7-13H2,1-2H3/t16?,17?,22-,26?/m0/s1. The molecular formula is C26H30N2O6. The maximum atomic E-state index is 13.6. The molecule has 5 aliphatic heterocycles. The van der Waals surface area contributed by atoms with Crippen molar-refractivity contribution in [2.45, 2.75) is 70.7 Å². The first kappa shape index (κ1) is 21.8. The van der Waals surface area contributed by atoms with Gasteiger partial charge in [0.2, 0.25) is 5.91 Å². The van der Waals surface area contributed by atoms with Crippen LogP contribution in [0.3, 0.4) is 0 Å². The van der Waals surface area contributed by atoms with Crippen LogP contribution in [0, 0.1) is 12.3 Å². The van der Waals surface area contributed by atoms with E-state index in [2.05, 4.69) is 4.90 Å². The molecule has 34 heavy (non-hydrogen) atoms. The largest absolute Gasteiger partial charge is 0.457 e. The summed E-state index contributed by atoms with van der Waals surface area (Å²) in [6, 6.07) is 4.12. The van der Waals surface area contributed by atoms with Gasteiger partial charge in [0.1, 0.15) is 13.2 Å². The molecule has 180 valence electrons. The summed E-state index contributed by atoms with van der Waals surface area (Å²) < 4.78 is 10.3. The molecule has 1 N–H and O–H groups in total. The lowest BCUT2D eigenvalue weighted by Crippen LogP contribution is -2.51. The smallest absolute Gasteiger partial charge is 0.338 e. The first-order chi connectivity index (χ1) is 16.3. The summed E-state index contributed by atoms with van der Waals surface area (Å²) >= 11 is 0. The van der Waals surface area contributed by atoms with Crippen molar-refractivity contribution < 1.29 is 29.0 Å². The quantitative estimate of drug-likeness (QED) is 0.681. The molecule has 0 radical (unpaired) electrons. The van der Waals surface area contributed by atoms with E-state index in [1.165, 1.54) is 0 Å². The predicted octanol–water partition coefficient (Wildman–Crippen LogP) is 2.38. The number of nitrogens with zero attached hydrogens (tertiary/aromatic N) is 2. The van der Waals surface area contributed by atoms with E-state index >= 15 is 0 Å². The van der Waals surface area contributed by atoms with Gasteiger partial charge in [-0.15, -0.1) is 0 Å². The van der Waals surface area contributed by atoms with Crippen LogP contribution in [0.25, 0.3) is 0 Å². The zero-order valence-electron chi connectivity index (χ0n) is 19.6. The van der Waals surface area contributed by atoms with Crippen LogP contribution in [0.4, 0.5) is 0 Å². The minimum absolute atomic E-state index is 0.136. The van der Waals surface area contributed by atoms with Gasteiger partial charge in [0.05, 0.1) is 28.4 Å². The molecule has 0 saturated carbocycles. The Kier molecular flexibility index (Phi) is 4.90. The minimum Gasteiger partial charge on any atom is -0.457 e. The maximum absolute atomic E-state index is 13.6. The Morgan fingerprint density at radius 3 is 2.44 bits per heavy atom. The van der Waals surface area contributed by atoms with Gasteiger partial charge in [0, 0.05) is 30.7 Å². The van der Waals surface area contributed by atoms with E-state index in [-0.39, 0.29) is 48.6 Å². The van der Waals surface area contributed by atoms with Crippen LogP contribution >= 0.6 is 0 Å². The van der Waals surface area contributed by atoms with Crippen molar-refractivity contribution in [1.29, 1.82) is 0 Å². The molecule has 0 aliphatic carbocycles. The average Bonchev–Trinajstić information content (AvgIpc) is 3.50. The lowest BCUT2D eigenvalue weighted by molar-refractivity contribution is -0.140. The number of carbonyl (C=O) groups is 3. The normalized spacial score (nSPS) is 31.5. The second-order valence-corrected chi connectivity index (χ2v) is 10.5. The first-order valence-electron chi connectivity index (χ1n) is 12.2. The fraction of sp³-hybridized carbons (Fsp3) is 0.577. The first-order valence-corrected chi connectivity index (χ1v) is 12.2. The van der Waals surface area contributed by atoms with Crippen molar-refractivity contribution in [3.8, 4) is 0 Å². The number of carbonyl (C=O) groups excluding carboxylic acids is 3. The van der Waals surface area contributed by atoms with Gasteiger partial charge < -0.3 is 19.5 Å². The number of ether oxygens (including phenoxy) is 2. The highest BCUT2D eigenvalue weighted by atomic mass is 16.5. The van der Waals surface area contributed by atoms with E-state index in [0.717, 1.165) is 54.5 Å². The van der Waals surface area contributed by atoms with E-state index in [9.17, 15) is 19.5 Å². The molecule has 6 rings (SSSR count). The maximum Gasteiger partial charge on any atom is 0.338 e. The molecule has 3 atom stereocenters. The molecule has 5 heterocycles. The van der Waals surface area contributed by atoms with E-state index in [4.69, 9.17) is 9.47 Å². The monoisotopic (exact) mass is 466 g/mol. The van der Waals surface area contributed by atoms with Crippen LogP contribution < -0.4 is 0 Å². The number of esters is 2. The highest BCUT2D eigenvalue weighted by molar-refractivity contribution is 5.94. The number of amides is 1. The second kappa shape index (κ2) is 7.65. The molecule has 8 heteroatoms. The van der Waals surface area contributed by atoms with Crippen LogP contribution in [0.2, 0.25) is 0 Å². The molecule has 1 aromatic rings. The summed E-state index contributed by atoms with van der Waals surface area (Å²) in [5, 5.41) is 11.2. The lowest BCUT2D eigenvalue weighted by atomic mass is 9.73. The average molecular weight is 467 g/mol. The fourth-order valence-electron chi connectivity index (χ4n) is 6.97. The Balaban J connectivity index is 1.18. The molecule has 2 unspecified atom stereocenters. The van der Waals surface area contributed by atoms with Gasteiger partial charge in [-0.2, -0.15) is 0 Å². The topological polar surface area (TPSA) is 96.4 Å². The third-order valence-electron chi connectivity index (χ3n) is 8.89. The summed E-state index contributed by atoms with van der Waals surface area (Å²) in [6.07, 6.45) is 3.78. The molecule has 2 bridgehead atoms. The highest BCUT2D eigenvalue weighted by Crippen LogP contribution is 2.52. The number of rotatable bonds is 4. The third-order valence-corrected chi connectivity index (χ3v) is 8.89. The number of cyclic esters (lactones) is 2. The number of likely N-dealkylation sites (tertiary alicyclic amines) is 1. The molecule has 3 saturated heterocycles.